The summed E-state index contributed by atoms with van der Waals surface area (Å²) in [6.45, 7) is 4.13. The van der Waals surface area contributed by atoms with E-state index in [-0.39, 0.29) is 12.5 Å². The normalized spacial score (nSPS) is 11.4. The molecule has 1 N–H and O–H groups in total. The van der Waals surface area contributed by atoms with Gasteiger partial charge in [0, 0.05) is 17.5 Å². The fraction of sp³-hybridized carbons (Fsp3) is 0.200. The third-order valence-electron chi connectivity index (χ3n) is 3.12. The Balaban J connectivity index is 1.70. The highest BCUT2D eigenvalue weighted by Crippen LogP contribution is 2.08. The van der Waals surface area contributed by atoms with Crippen molar-refractivity contribution in [1.29, 1.82) is 0 Å². The molecule has 22 heavy (non-hydrogen) atoms. The highest BCUT2D eigenvalue weighted by Gasteiger charge is 2.10. The van der Waals surface area contributed by atoms with Crippen LogP contribution in [0.3, 0.4) is 0 Å². The molecule has 7 heteroatoms. The lowest BCUT2D eigenvalue weighted by atomic mass is 10.3. The molecule has 0 bridgehead atoms. The second kappa shape index (κ2) is 5.80. The van der Waals surface area contributed by atoms with Crippen LogP contribution in [-0.4, -0.2) is 25.5 Å². The Morgan fingerprint density at radius 1 is 1.41 bits per heavy atom. The van der Waals surface area contributed by atoms with Crippen LogP contribution in [0.4, 0.5) is 0 Å². The van der Waals surface area contributed by atoms with E-state index in [2.05, 4.69) is 20.5 Å². The van der Waals surface area contributed by atoms with Crippen molar-refractivity contribution < 1.29 is 9.21 Å². The molecular formula is C15H15N5O2. The van der Waals surface area contributed by atoms with E-state index >= 15 is 0 Å². The lowest BCUT2D eigenvalue weighted by molar-refractivity contribution is -0.116. The first-order chi connectivity index (χ1) is 10.6. The van der Waals surface area contributed by atoms with Gasteiger partial charge in [0.1, 0.15) is 5.76 Å². The maximum atomic E-state index is 11.8. The third kappa shape index (κ3) is 2.88. The van der Waals surface area contributed by atoms with Gasteiger partial charge in [0.15, 0.2) is 5.82 Å². The molecule has 7 nitrogen and oxygen atoms in total. The van der Waals surface area contributed by atoms with Gasteiger partial charge >= 0.3 is 0 Å². The van der Waals surface area contributed by atoms with Crippen LogP contribution in [0.15, 0.2) is 35.0 Å². The van der Waals surface area contributed by atoms with Gasteiger partial charge in [-0.25, -0.2) is 4.98 Å². The number of carbonyl (C=O) groups excluding carboxylic acids is 1. The molecule has 0 spiro atoms. The molecule has 0 unspecified atom stereocenters. The molecule has 0 radical (unpaired) electrons. The average molecular weight is 297 g/mol. The van der Waals surface area contributed by atoms with Crippen molar-refractivity contribution in [2.45, 2.75) is 20.4 Å². The first-order valence-corrected chi connectivity index (χ1v) is 6.81. The highest BCUT2D eigenvalue weighted by molar-refractivity contribution is 5.91. The quantitative estimate of drug-likeness (QED) is 0.740. The van der Waals surface area contributed by atoms with Crippen LogP contribution in [0.5, 0.6) is 0 Å². The number of amides is 1. The van der Waals surface area contributed by atoms with Crippen LogP contribution in [0.2, 0.25) is 0 Å². The minimum absolute atomic E-state index is 0.231. The number of fused-ring (bicyclic) bond motifs is 1. The predicted molar refractivity (Wildman–Crippen MR) is 79.8 cm³/mol. The molecule has 0 aliphatic carbocycles. The summed E-state index contributed by atoms with van der Waals surface area (Å²) < 4.78 is 6.94. The maximum Gasteiger partial charge on any atom is 0.255 e. The van der Waals surface area contributed by atoms with Crippen molar-refractivity contribution in [3.63, 3.8) is 0 Å². The number of aromatic nitrogens is 4. The SMILES string of the molecule is Cc1cc(C)n2c(CNC(=O)/C=C/c3ccco3)nnc2n1. The van der Waals surface area contributed by atoms with Gasteiger partial charge in [-0.15, -0.1) is 10.2 Å². The molecule has 1 amide bonds. The summed E-state index contributed by atoms with van der Waals surface area (Å²) in [6.07, 6.45) is 4.57. The molecule has 3 aromatic rings. The van der Waals surface area contributed by atoms with Crippen LogP contribution in [0.1, 0.15) is 23.0 Å². The Hall–Kier alpha value is -2.96. The topological polar surface area (TPSA) is 85.3 Å². The van der Waals surface area contributed by atoms with Gasteiger partial charge in [-0.2, -0.15) is 0 Å². The highest BCUT2D eigenvalue weighted by atomic mass is 16.3. The van der Waals surface area contributed by atoms with Crippen LogP contribution < -0.4 is 5.32 Å². The number of hydrogen-bond acceptors (Lipinski definition) is 5. The summed E-state index contributed by atoms with van der Waals surface area (Å²) in [4.78, 5) is 16.1. The number of rotatable bonds is 4. The van der Waals surface area contributed by atoms with E-state index in [1.165, 1.54) is 6.08 Å². The molecule has 3 aromatic heterocycles. The molecule has 3 heterocycles. The first kappa shape index (κ1) is 14.0. The zero-order valence-corrected chi connectivity index (χ0v) is 12.3. The van der Waals surface area contributed by atoms with Gasteiger partial charge in [-0.3, -0.25) is 9.20 Å². The smallest absolute Gasteiger partial charge is 0.255 e. The number of hydrogen-bond donors (Lipinski definition) is 1. The van der Waals surface area contributed by atoms with Crippen molar-refractivity contribution in [3.8, 4) is 0 Å². The molecule has 0 aromatic carbocycles. The minimum Gasteiger partial charge on any atom is -0.465 e. The number of carbonyl (C=O) groups is 1. The van der Waals surface area contributed by atoms with Crippen LogP contribution in [-0.2, 0) is 11.3 Å². The number of nitrogens with zero attached hydrogens (tertiary/aromatic N) is 4. The minimum atomic E-state index is -0.231. The molecule has 0 saturated carbocycles. The van der Waals surface area contributed by atoms with Crippen LogP contribution in [0.25, 0.3) is 11.9 Å². The van der Waals surface area contributed by atoms with Gasteiger partial charge in [0.25, 0.3) is 5.78 Å². The van der Waals surface area contributed by atoms with Gasteiger partial charge in [0.2, 0.25) is 5.91 Å². The summed E-state index contributed by atoms with van der Waals surface area (Å²) >= 11 is 0. The Labute approximate surface area is 126 Å². The zero-order chi connectivity index (χ0) is 15.5. The molecule has 0 saturated heterocycles. The van der Waals surface area contributed by atoms with Crippen molar-refractivity contribution in [2.24, 2.45) is 0 Å². The number of furan rings is 1. The summed E-state index contributed by atoms with van der Waals surface area (Å²) in [7, 11) is 0. The van der Waals surface area contributed by atoms with Gasteiger partial charge in [-0.05, 0) is 38.1 Å². The molecule has 3 rings (SSSR count). The molecule has 0 fully saturated rings. The lowest BCUT2D eigenvalue weighted by Gasteiger charge is -2.04. The molecule has 0 aliphatic rings. The lowest BCUT2D eigenvalue weighted by Crippen LogP contribution is -2.22. The predicted octanol–water partition coefficient (Wildman–Crippen LogP) is 1.66. The Morgan fingerprint density at radius 3 is 3.05 bits per heavy atom. The van der Waals surface area contributed by atoms with E-state index in [1.54, 1.807) is 24.5 Å². The van der Waals surface area contributed by atoms with E-state index in [0.29, 0.717) is 17.4 Å². The first-order valence-electron chi connectivity index (χ1n) is 6.81. The average Bonchev–Trinajstić information content (AvgIpc) is 3.12. The van der Waals surface area contributed by atoms with E-state index in [9.17, 15) is 4.79 Å². The Morgan fingerprint density at radius 2 is 2.27 bits per heavy atom. The summed E-state index contributed by atoms with van der Waals surface area (Å²) in [5.41, 5.74) is 1.86. The zero-order valence-electron chi connectivity index (χ0n) is 12.3. The van der Waals surface area contributed by atoms with E-state index in [1.807, 2.05) is 24.3 Å². The fourth-order valence-corrected chi connectivity index (χ4v) is 2.18. The van der Waals surface area contributed by atoms with Crippen molar-refractivity contribution >= 4 is 17.8 Å². The summed E-state index contributed by atoms with van der Waals surface area (Å²) in [6, 6.07) is 5.48. The third-order valence-corrected chi connectivity index (χ3v) is 3.12. The summed E-state index contributed by atoms with van der Waals surface area (Å²) in [5.74, 6) is 1.57. The van der Waals surface area contributed by atoms with Crippen molar-refractivity contribution in [1.82, 2.24) is 24.9 Å². The van der Waals surface area contributed by atoms with E-state index in [0.717, 1.165) is 11.4 Å². The molecule has 0 atom stereocenters. The second-order valence-electron chi connectivity index (χ2n) is 4.86. The largest absolute Gasteiger partial charge is 0.465 e. The number of aryl methyl sites for hydroxylation is 2. The Kier molecular flexibility index (Phi) is 3.69. The number of nitrogens with one attached hydrogen (secondary N) is 1. The van der Waals surface area contributed by atoms with Crippen LogP contribution >= 0.6 is 0 Å². The van der Waals surface area contributed by atoms with Gasteiger partial charge in [0.05, 0.1) is 12.8 Å². The summed E-state index contributed by atoms with van der Waals surface area (Å²) in [5, 5.41) is 10.9. The maximum absolute atomic E-state index is 11.8. The van der Waals surface area contributed by atoms with Gasteiger partial charge < -0.3 is 9.73 Å². The Bertz CT molecular complexity index is 833. The monoisotopic (exact) mass is 297 g/mol. The molecular weight excluding hydrogens is 282 g/mol. The standard InChI is InChI=1S/C15H15N5O2/c1-10-8-11(2)20-13(18-19-15(20)17-10)9-16-14(21)6-5-12-4-3-7-22-12/h3-8H,9H2,1-2H3,(H,16,21)/b6-5+. The molecule has 0 aliphatic heterocycles. The van der Waals surface area contributed by atoms with Gasteiger partial charge in [-0.1, -0.05) is 0 Å². The fourth-order valence-electron chi connectivity index (χ4n) is 2.18. The second-order valence-corrected chi connectivity index (χ2v) is 4.86. The van der Waals surface area contributed by atoms with E-state index < -0.39 is 0 Å². The molecule has 112 valence electrons. The van der Waals surface area contributed by atoms with E-state index in [4.69, 9.17) is 4.42 Å². The van der Waals surface area contributed by atoms with Crippen molar-refractivity contribution in [2.75, 3.05) is 0 Å². The van der Waals surface area contributed by atoms with Crippen LogP contribution in [0, 0.1) is 13.8 Å². The van der Waals surface area contributed by atoms with Crippen molar-refractivity contribution in [3.05, 3.63) is 53.5 Å².